The van der Waals surface area contributed by atoms with E-state index in [0.717, 1.165) is 64.4 Å². The van der Waals surface area contributed by atoms with Crippen molar-refractivity contribution in [3.05, 3.63) is 82.4 Å². The average molecular weight is 431 g/mol. The average Bonchev–Trinajstić information content (AvgIpc) is 3.22. The highest BCUT2D eigenvalue weighted by Gasteiger charge is 2.40. The number of unbranched alkanes of at least 4 members (excludes halogenated alkanes) is 1. The van der Waals surface area contributed by atoms with E-state index >= 15 is 4.39 Å². The van der Waals surface area contributed by atoms with E-state index in [-0.39, 0.29) is 11.9 Å². The lowest BCUT2D eigenvalue weighted by molar-refractivity contribution is 0.595. The Hall–Kier alpha value is -3.21. The molecule has 0 spiro atoms. The van der Waals surface area contributed by atoms with Crippen molar-refractivity contribution in [3.8, 4) is 0 Å². The normalized spacial score (nSPS) is 15.8. The molecule has 0 fully saturated rings. The first-order valence-corrected chi connectivity index (χ1v) is 11.3. The number of aryl methyl sites for hydroxylation is 3. The zero-order chi connectivity index (χ0) is 23.0. The maximum absolute atomic E-state index is 15.5. The zero-order valence-corrected chi connectivity index (χ0v) is 19.6. The molecule has 0 saturated heterocycles. The first-order valence-electron chi connectivity index (χ1n) is 11.3. The van der Waals surface area contributed by atoms with Crippen LogP contribution in [-0.2, 0) is 13.5 Å². The quantitative estimate of drug-likeness (QED) is 0.402. The van der Waals surface area contributed by atoms with E-state index < -0.39 is 0 Å². The van der Waals surface area contributed by atoms with Crippen LogP contribution in [0.4, 0.5) is 15.8 Å². The third kappa shape index (κ3) is 3.66. The fourth-order valence-corrected chi connectivity index (χ4v) is 4.52. The Balaban J connectivity index is 1.87. The molecule has 4 nitrogen and oxygen atoms in total. The van der Waals surface area contributed by atoms with Gasteiger partial charge in [0.15, 0.2) is 0 Å². The molecule has 4 rings (SSSR count). The van der Waals surface area contributed by atoms with Crippen LogP contribution in [0.1, 0.15) is 66.4 Å². The molecule has 0 amide bonds. The summed E-state index contributed by atoms with van der Waals surface area (Å²) >= 11 is 0. The van der Waals surface area contributed by atoms with Gasteiger partial charge in [0.2, 0.25) is 0 Å². The minimum atomic E-state index is -0.326. The summed E-state index contributed by atoms with van der Waals surface area (Å²) in [7, 11) is 1.92. The van der Waals surface area contributed by atoms with Crippen molar-refractivity contribution in [1.29, 1.82) is 0 Å². The summed E-state index contributed by atoms with van der Waals surface area (Å²) in [6, 6.07) is 11.5. The number of aromatic nitrogens is 2. The van der Waals surface area contributed by atoms with Crippen molar-refractivity contribution in [1.82, 2.24) is 9.78 Å². The predicted molar refractivity (Wildman–Crippen MR) is 131 cm³/mol. The molecule has 5 heteroatoms. The number of anilines is 1. The van der Waals surface area contributed by atoms with Gasteiger partial charge in [-0.2, -0.15) is 5.10 Å². The SMILES string of the molecule is C=C1c2nn(C)c(C)c2C(c2ccc(CCCC)cc2F)N1c1ccc(C)c(N=CC)c1. The summed E-state index contributed by atoms with van der Waals surface area (Å²) in [6.45, 7) is 12.5. The van der Waals surface area contributed by atoms with E-state index in [1.165, 1.54) is 0 Å². The molecule has 0 N–H and O–H groups in total. The number of nitrogens with zero attached hydrogens (tertiary/aromatic N) is 4. The molecule has 32 heavy (non-hydrogen) atoms. The Kier molecular flexibility index (Phi) is 6.00. The molecule has 0 aliphatic carbocycles. The number of hydrogen-bond donors (Lipinski definition) is 0. The van der Waals surface area contributed by atoms with E-state index in [1.807, 2.05) is 44.6 Å². The Bertz CT molecular complexity index is 1200. The lowest BCUT2D eigenvalue weighted by Crippen LogP contribution is -2.23. The van der Waals surface area contributed by atoms with Crippen LogP contribution in [0.25, 0.3) is 5.70 Å². The predicted octanol–water partition coefficient (Wildman–Crippen LogP) is 6.82. The maximum Gasteiger partial charge on any atom is 0.129 e. The molecule has 1 aliphatic rings. The molecule has 1 aliphatic heterocycles. The summed E-state index contributed by atoms with van der Waals surface area (Å²) in [5.74, 6) is -0.184. The van der Waals surface area contributed by atoms with Gasteiger partial charge in [0.25, 0.3) is 0 Å². The monoisotopic (exact) mass is 430 g/mol. The number of hydrogen-bond acceptors (Lipinski definition) is 3. The Labute approximate surface area is 190 Å². The third-order valence-electron chi connectivity index (χ3n) is 6.39. The molecule has 2 heterocycles. The Morgan fingerprint density at radius 2 is 1.97 bits per heavy atom. The summed E-state index contributed by atoms with van der Waals surface area (Å²) in [4.78, 5) is 6.61. The fourth-order valence-electron chi connectivity index (χ4n) is 4.52. The smallest absolute Gasteiger partial charge is 0.129 e. The summed E-state index contributed by atoms with van der Waals surface area (Å²) < 4.78 is 17.4. The van der Waals surface area contributed by atoms with E-state index in [4.69, 9.17) is 5.10 Å². The highest BCUT2D eigenvalue weighted by atomic mass is 19.1. The highest BCUT2D eigenvalue weighted by molar-refractivity contribution is 5.87. The molecule has 2 aromatic carbocycles. The van der Waals surface area contributed by atoms with Crippen LogP contribution in [0.15, 0.2) is 48.0 Å². The summed E-state index contributed by atoms with van der Waals surface area (Å²) in [6.07, 6.45) is 4.83. The van der Waals surface area contributed by atoms with Gasteiger partial charge in [0.1, 0.15) is 11.5 Å². The van der Waals surface area contributed by atoms with Crippen molar-refractivity contribution in [3.63, 3.8) is 0 Å². The topological polar surface area (TPSA) is 33.4 Å². The molecular weight excluding hydrogens is 399 g/mol. The minimum Gasteiger partial charge on any atom is -0.328 e. The number of rotatable bonds is 6. The van der Waals surface area contributed by atoms with Gasteiger partial charge in [-0.1, -0.05) is 38.1 Å². The molecule has 1 unspecified atom stereocenters. The van der Waals surface area contributed by atoms with E-state index in [1.54, 1.807) is 12.3 Å². The molecule has 0 bridgehead atoms. The Morgan fingerprint density at radius 1 is 1.19 bits per heavy atom. The van der Waals surface area contributed by atoms with E-state index in [0.29, 0.717) is 5.56 Å². The van der Waals surface area contributed by atoms with Gasteiger partial charge in [0.05, 0.1) is 17.4 Å². The molecular formula is C27H31FN4. The maximum atomic E-state index is 15.5. The molecule has 1 aromatic heterocycles. The first-order chi connectivity index (χ1) is 15.4. The molecule has 0 saturated carbocycles. The second-order valence-corrected chi connectivity index (χ2v) is 8.51. The van der Waals surface area contributed by atoms with Crippen LogP contribution in [0.2, 0.25) is 0 Å². The van der Waals surface area contributed by atoms with Gasteiger partial charge in [0, 0.05) is 35.8 Å². The third-order valence-corrected chi connectivity index (χ3v) is 6.39. The van der Waals surface area contributed by atoms with Gasteiger partial charge in [-0.3, -0.25) is 9.67 Å². The number of benzene rings is 2. The summed E-state index contributed by atoms with van der Waals surface area (Å²) in [5, 5.41) is 4.71. The molecule has 3 aromatic rings. The van der Waals surface area contributed by atoms with Crippen LogP contribution >= 0.6 is 0 Å². The second-order valence-electron chi connectivity index (χ2n) is 8.51. The summed E-state index contributed by atoms with van der Waals surface area (Å²) in [5.41, 5.74) is 8.23. The van der Waals surface area contributed by atoms with Crippen LogP contribution in [-0.4, -0.2) is 16.0 Å². The molecule has 1 atom stereocenters. The number of halogens is 1. The van der Waals surface area contributed by atoms with Gasteiger partial charge >= 0.3 is 0 Å². The van der Waals surface area contributed by atoms with Crippen LogP contribution in [0, 0.1) is 19.7 Å². The zero-order valence-electron chi connectivity index (χ0n) is 19.6. The van der Waals surface area contributed by atoms with Crippen LogP contribution in [0.5, 0.6) is 0 Å². The molecule has 166 valence electrons. The lowest BCUT2D eigenvalue weighted by Gasteiger charge is -2.30. The van der Waals surface area contributed by atoms with Gasteiger partial charge in [-0.25, -0.2) is 4.39 Å². The van der Waals surface area contributed by atoms with Crippen molar-refractivity contribution in [2.24, 2.45) is 12.0 Å². The molecule has 0 radical (unpaired) electrons. The van der Waals surface area contributed by atoms with Gasteiger partial charge in [-0.15, -0.1) is 0 Å². The van der Waals surface area contributed by atoms with Gasteiger partial charge < -0.3 is 4.90 Å². The van der Waals surface area contributed by atoms with E-state index in [2.05, 4.69) is 41.6 Å². The number of aliphatic imine (C=N–C) groups is 1. The first kappa shape index (κ1) is 22.0. The van der Waals surface area contributed by atoms with E-state index in [9.17, 15) is 0 Å². The van der Waals surface area contributed by atoms with Crippen molar-refractivity contribution >= 4 is 23.3 Å². The van der Waals surface area contributed by atoms with Crippen LogP contribution in [0.3, 0.4) is 0 Å². The van der Waals surface area contributed by atoms with Gasteiger partial charge in [-0.05, 0) is 62.9 Å². The Morgan fingerprint density at radius 3 is 2.66 bits per heavy atom. The fraction of sp³-hybridized carbons (Fsp3) is 0.333. The minimum absolute atomic E-state index is 0.184. The van der Waals surface area contributed by atoms with Crippen molar-refractivity contribution in [2.75, 3.05) is 4.90 Å². The number of fused-ring (bicyclic) bond motifs is 1. The van der Waals surface area contributed by atoms with Crippen molar-refractivity contribution in [2.45, 2.75) is 53.0 Å². The van der Waals surface area contributed by atoms with Crippen LogP contribution < -0.4 is 4.90 Å². The van der Waals surface area contributed by atoms with Crippen molar-refractivity contribution < 1.29 is 4.39 Å². The second kappa shape index (κ2) is 8.73. The lowest BCUT2D eigenvalue weighted by atomic mass is 9.96. The standard InChI is InChI=1S/C27H31FN4/c1-7-9-10-20-12-14-22(23(28)15-20)27-25-18(4)31(6)30-26(25)19(5)32(27)21-13-11-17(3)24(16-21)29-8-2/h8,11-16,27H,5,7,9-10H2,1-4,6H3. The largest absolute Gasteiger partial charge is 0.328 e. The highest BCUT2D eigenvalue weighted by Crippen LogP contribution is 2.49.